The van der Waals surface area contributed by atoms with Crippen molar-refractivity contribution in [2.45, 2.75) is 64.3 Å². The quantitative estimate of drug-likeness (QED) is 0.543. The summed E-state index contributed by atoms with van der Waals surface area (Å²) in [7, 11) is 3.58. The number of fused-ring (bicyclic) bond motifs is 1. The minimum atomic E-state index is -0.000391. The van der Waals surface area contributed by atoms with Gasteiger partial charge in [0.1, 0.15) is 17.2 Å². The van der Waals surface area contributed by atoms with E-state index in [1.54, 1.807) is 25.2 Å². The monoisotopic (exact) mass is 465 g/mol. The van der Waals surface area contributed by atoms with E-state index in [1.807, 2.05) is 32.2 Å². The van der Waals surface area contributed by atoms with Gasteiger partial charge in [-0.1, -0.05) is 32.8 Å². The number of anilines is 2. The Kier molecular flexibility index (Phi) is 7.77. The second-order valence-electron chi connectivity index (χ2n) is 9.14. The molecule has 1 aliphatic heterocycles. The molecular formula is C26H39N7O. The Balaban J connectivity index is 0.00000111. The first kappa shape index (κ1) is 24.1. The highest BCUT2D eigenvalue weighted by molar-refractivity contribution is 5.97. The van der Waals surface area contributed by atoms with E-state index < -0.39 is 0 Å². The molecule has 0 atom stereocenters. The molecule has 1 aliphatic carbocycles. The first-order valence-corrected chi connectivity index (χ1v) is 12.6. The third kappa shape index (κ3) is 5.06. The largest absolute Gasteiger partial charge is 0.343 e. The van der Waals surface area contributed by atoms with Crippen molar-refractivity contribution in [1.82, 2.24) is 29.7 Å². The van der Waals surface area contributed by atoms with Crippen molar-refractivity contribution in [3.05, 3.63) is 41.9 Å². The number of hydrogen-bond donors (Lipinski definition) is 2. The van der Waals surface area contributed by atoms with Gasteiger partial charge in [-0.2, -0.15) is 4.98 Å². The summed E-state index contributed by atoms with van der Waals surface area (Å²) in [6, 6.07) is 6.38. The van der Waals surface area contributed by atoms with E-state index in [0.29, 0.717) is 23.6 Å². The molecule has 5 rings (SSSR count). The van der Waals surface area contributed by atoms with Crippen LogP contribution in [0.3, 0.4) is 0 Å². The van der Waals surface area contributed by atoms with E-state index in [9.17, 15) is 4.79 Å². The van der Waals surface area contributed by atoms with Gasteiger partial charge in [0, 0.05) is 39.3 Å². The summed E-state index contributed by atoms with van der Waals surface area (Å²) in [4.78, 5) is 28.4. The SMILES string of the molecule is CC.CN(C)C(=O)c1cc2cnc(Nc3ccc(C4CCNCC4)cn3)nc2n1C1CCCC1.[HH]. The summed E-state index contributed by atoms with van der Waals surface area (Å²) in [5.41, 5.74) is 2.79. The molecule has 0 unspecified atom stereocenters. The number of carbonyl (C=O) groups excluding carboxylic acids is 1. The van der Waals surface area contributed by atoms with Crippen molar-refractivity contribution in [3.63, 3.8) is 0 Å². The number of nitrogens with one attached hydrogen (secondary N) is 2. The van der Waals surface area contributed by atoms with Crippen LogP contribution >= 0.6 is 0 Å². The van der Waals surface area contributed by atoms with Gasteiger partial charge in [0.2, 0.25) is 5.95 Å². The van der Waals surface area contributed by atoms with Gasteiger partial charge in [-0.05, 0) is 62.4 Å². The minimum absolute atomic E-state index is 0. The molecule has 0 radical (unpaired) electrons. The van der Waals surface area contributed by atoms with Gasteiger partial charge >= 0.3 is 0 Å². The standard InChI is InChI=1S/C24H31N7O.C2H6.H2/c1-30(2)23(32)20-13-18-15-27-24(29-22(18)31(20)19-5-3-4-6-19)28-21-8-7-17(14-26-21)16-9-11-25-12-10-16;1-2;/h7-8,13-16,19,25H,3-6,9-12H2,1-2H3,(H,26,27,28,29);1-2H3;1H. The summed E-state index contributed by atoms with van der Waals surface area (Å²) >= 11 is 0. The molecular weight excluding hydrogens is 426 g/mol. The Morgan fingerprint density at radius 3 is 2.47 bits per heavy atom. The van der Waals surface area contributed by atoms with Crippen LogP contribution in [-0.2, 0) is 0 Å². The number of piperidine rings is 1. The van der Waals surface area contributed by atoms with E-state index in [1.165, 1.54) is 18.4 Å². The number of amides is 1. The summed E-state index contributed by atoms with van der Waals surface area (Å²) in [5, 5.41) is 7.55. The van der Waals surface area contributed by atoms with Gasteiger partial charge in [0.05, 0.1) is 0 Å². The maximum atomic E-state index is 12.9. The van der Waals surface area contributed by atoms with Gasteiger partial charge in [-0.25, -0.2) is 9.97 Å². The molecule has 184 valence electrons. The number of hydrogen-bond acceptors (Lipinski definition) is 6. The highest BCUT2D eigenvalue weighted by atomic mass is 16.2. The highest BCUT2D eigenvalue weighted by Crippen LogP contribution is 2.35. The van der Waals surface area contributed by atoms with E-state index in [-0.39, 0.29) is 7.33 Å². The highest BCUT2D eigenvalue weighted by Gasteiger charge is 2.26. The van der Waals surface area contributed by atoms with Crippen LogP contribution in [0.5, 0.6) is 0 Å². The lowest BCUT2D eigenvalue weighted by molar-refractivity contribution is 0.0815. The molecule has 34 heavy (non-hydrogen) atoms. The predicted octanol–water partition coefficient (Wildman–Crippen LogP) is 5.13. The van der Waals surface area contributed by atoms with Crippen LogP contribution in [0, 0.1) is 0 Å². The zero-order valence-corrected chi connectivity index (χ0v) is 20.8. The lowest BCUT2D eigenvalue weighted by Crippen LogP contribution is -2.26. The fourth-order valence-electron chi connectivity index (χ4n) is 4.98. The van der Waals surface area contributed by atoms with Crippen LogP contribution in [-0.4, -0.2) is 57.5 Å². The topological polar surface area (TPSA) is 88.0 Å². The molecule has 4 heterocycles. The summed E-state index contributed by atoms with van der Waals surface area (Å²) in [6.07, 6.45) is 10.6. The van der Waals surface area contributed by atoms with E-state index in [2.05, 4.69) is 31.2 Å². The first-order chi connectivity index (χ1) is 16.6. The van der Waals surface area contributed by atoms with Crippen LogP contribution in [0.25, 0.3) is 11.0 Å². The molecule has 8 heteroatoms. The van der Waals surface area contributed by atoms with Crippen molar-refractivity contribution in [2.24, 2.45) is 0 Å². The lowest BCUT2D eigenvalue weighted by Gasteiger charge is -2.22. The van der Waals surface area contributed by atoms with Gasteiger partial charge in [0.15, 0.2) is 0 Å². The number of carbonyl (C=O) groups is 1. The van der Waals surface area contributed by atoms with Gasteiger partial charge in [-0.3, -0.25) is 4.79 Å². The van der Waals surface area contributed by atoms with Gasteiger partial charge < -0.3 is 20.1 Å². The molecule has 3 aromatic rings. The molecule has 1 saturated carbocycles. The van der Waals surface area contributed by atoms with Crippen molar-refractivity contribution in [1.29, 1.82) is 0 Å². The van der Waals surface area contributed by atoms with Gasteiger partial charge in [-0.15, -0.1) is 0 Å². The molecule has 2 fully saturated rings. The maximum absolute atomic E-state index is 12.9. The van der Waals surface area contributed by atoms with Crippen LogP contribution in [0.4, 0.5) is 11.8 Å². The van der Waals surface area contributed by atoms with E-state index in [0.717, 1.165) is 55.6 Å². The van der Waals surface area contributed by atoms with Crippen molar-refractivity contribution >= 4 is 28.7 Å². The normalized spacial score (nSPS) is 16.8. The second-order valence-corrected chi connectivity index (χ2v) is 9.14. The minimum Gasteiger partial charge on any atom is -0.343 e. The molecule has 2 aliphatic rings. The summed E-state index contributed by atoms with van der Waals surface area (Å²) < 4.78 is 2.13. The lowest BCUT2D eigenvalue weighted by atomic mass is 9.91. The van der Waals surface area contributed by atoms with Crippen molar-refractivity contribution in [2.75, 3.05) is 32.5 Å². The molecule has 3 aromatic heterocycles. The molecule has 8 nitrogen and oxygen atoms in total. The van der Waals surface area contributed by atoms with E-state index >= 15 is 0 Å². The van der Waals surface area contributed by atoms with Gasteiger partial charge in [0.25, 0.3) is 5.91 Å². The number of aromatic nitrogens is 4. The van der Waals surface area contributed by atoms with Crippen LogP contribution in [0.15, 0.2) is 30.6 Å². The zero-order valence-electron chi connectivity index (χ0n) is 20.8. The molecule has 0 spiro atoms. The Morgan fingerprint density at radius 2 is 1.82 bits per heavy atom. The van der Waals surface area contributed by atoms with Crippen molar-refractivity contribution < 1.29 is 6.22 Å². The molecule has 1 amide bonds. The second kappa shape index (κ2) is 11.0. The number of rotatable bonds is 5. The van der Waals surface area contributed by atoms with Crippen LogP contribution in [0.2, 0.25) is 0 Å². The average molecular weight is 466 g/mol. The summed E-state index contributed by atoms with van der Waals surface area (Å²) in [6.45, 7) is 6.13. The molecule has 0 bridgehead atoms. The summed E-state index contributed by atoms with van der Waals surface area (Å²) in [5.74, 6) is 1.80. The Hall–Kier alpha value is -3.00. The Bertz CT molecular complexity index is 1100. The smallest absolute Gasteiger partial charge is 0.270 e. The third-order valence-electron chi connectivity index (χ3n) is 6.73. The molecule has 0 aromatic carbocycles. The number of pyridine rings is 1. The van der Waals surface area contributed by atoms with Crippen molar-refractivity contribution in [3.8, 4) is 0 Å². The molecule has 2 N–H and O–H groups in total. The Labute approximate surface area is 203 Å². The molecule has 1 saturated heterocycles. The average Bonchev–Trinajstić information content (AvgIpc) is 3.53. The third-order valence-corrected chi connectivity index (χ3v) is 6.73. The fraction of sp³-hybridized carbons (Fsp3) is 0.538. The van der Waals surface area contributed by atoms with Crippen LogP contribution in [0.1, 0.15) is 81.8 Å². The first-order valence-electron chi connectivity index (χ1n) is 12.6. The van der Waals surface area contributed by atoms with Crippen LogP contribution < -0.4 is 10.6 Å². The van der Waals surface area contributed by atoms with E-state index in [4.69, 9.17) is 4.98 Å². The fourth-order valence-corrected chi connectivity index (χ4v) is 4.98. The number of nitrogens with zero attached hydrogens (tertiary/aromatic N) is 5. The zero-order chi connectivity index (χ0) is 24.1. The maximum Gasteiger partial charge on any atom is 0.270 e. The predicted molar refractivity (Wildman–Crippen MR) is 139 cm³/mol. The Morgan fingerprint density at radius 1 is 1.09 bits per heavy atom.